The summed E-state index contributed by atoms with van der Waals surface area (Å²) >= 11 is 7.35. The van der Waals surface area contributed by atoms with Crippen LogP contribution in [0.1, 0.15) is 13.3 Å². The summed E-state index contributed by atoms with van der Waals surface area (Å²) in [6.07, 6.45) is 0.768. The predicted molar refractivity (Wildman–Crippen MR) is 61.3 cm³/mol. The summed E-state index contributed by atoms with van der Waals surface area (Å²) in [5.74, 6) is 0. The van der Waals surface area contributed by atoms with Gasteiger partial charge in [-0.2, -0.15) is 5.26 Å². The molecule has 0 bridgehead atoms. The molecule has 72 valence electrons. The first-order chi connectivity index (χ1) is 6.76. The zero-order chi connectivity index (χ0) is 10.4. The molecule has 1 rings (SSSR count). The van der Waals surface area contributed by atoms with Crippen molar-refractivity contribution in [3.05, 3.63) is 40.3 Å². The van der Waals surface area contributed by atoms with Crippen molar-refractivity contribution < 1.29 is 0 Å². The highest BCUT2D eigenvalue weighted by atomic mass is 35.5. The largest absolute Gasteiger partial charge is 0.193 e. The molecule has 0 spiro atoms. The Morgan fingerprint density at radius 2 is 2.43 bits per heavy atom. The lowest BCUT2D eigenvalue weighted by Crippen LogP contribution is -1.73. The molecule has 0 aromatic heterocycles. The van der Waals surface area contributed by atoms with E-state index in [-0.39, 0.29) is 0 Å². The van der Waals surface area contributed by atoms with Gasteiger partial charge in [0, 0.05) is 15.5 Å². The molecule has 0 heterocycles. The first-order valence-electron chi connectivity index (χ1n) is 4.27. The number of hydrogen-bond acceptors (Lipinski definition) is 2. The summed E-state index contributed by atoms with van der Waals surface area (Å²) in [4.78, 5) is 1.05. The molecule has 0 aliphatic carbocycles. The molecular formula is C11H10ClNS. The number of hydrogen-bond donors (Lipinski definition) is 0. The molecule has 3 heteroatoms. The normalized spacial score (nSPS) is 11.1. The van der Waals surface area contributed by atoms with E-state index in [2.05, 4.69) is 6.07 Å². The average Bonchev–Trinajstić information content (AvgIpc) is 2.19. The van der Waals surface area contributed by atoms with Crippen LogP contribution >= 0.6 is 23.4 Å². The van der Waals surface area contributed by atoms with Crippen LogP contribution in [0.3, 0.4) is 0 Å². The van der Waals surface area contributed by atoms with Crippen molar-refractivity contribution in [2.75, 3.05) is 0 Å². The van der Waals surface area contributed by atoms with Gasteiger partial charge in [-0.3, -0.25) is 0 Å². The quantitative estimate of drug-likeness (QED) is 0.565. The molecule has 0 saturated carbocycles. The molecule has 0 aliphatic heterocycles. The van der Waals surface area contributed by atoms with E-state index in [9.17, 15) is 0 Å². The molecule has 0 amide bonds. The van der Waals surface area contributed by atoms with Gasteiger partial charge in [-0.15, -0.1) is 0 Å². The summed E-state index contributed by atoms with van der Waals surface area (Å²) in [7, 11) is 0. The lowest BCUT2D eigenvalue weighted by Gasteiger charge is -1.97. The van der Waals surface area contributed by atoms with Crippen LogP contribution in [-0.4, -0.2) is 0 Å². The maximum Gasteiger partial charge on any atom is 0.0952 e. The number of allylic oxidation sites excluding steroid dienone is 1. The third kappa shape index (κ3) is 3.45. The van der Waals surface area contributed by atoms with Gasteiger partial charge in [0.2, 0.25) is 0 Å². The summed E-state index contributed by atoms with van der Waals surface area (Å²) in [6.45, 7) is 1.97. The summed E-state index contributed by atoms with van der Waals surface area (Å²) in [5.41, 5.74) is 0.787. The number of thioether (sulfide) groups is 1. The SMILES string of the molecule is CCC(C#N)=CSc1cccc(Cl)c1. The Morgan fingerprint density at radius 3 is 3.00 bits per heavy atom. The van der Waals surface area contributed by atoms with Gasteiger partial charge in [0.05, 0.1) is 6.07 Å². The monoisotopic (exact) mass is 223 g/mol. The molecule has 0 N–H and O–H groups in total. The van der Waals surface area contributed by atoms with Crippen molar-refractivity contribution in [1.29, 1.82) is 5.26 Å². The van der Waals surface area contributed by atoms with E-state index in [0.717, 1.165) is 21.9 Å². The molecule has 1 aromatic rings. The van der Waals surface area contributed by atoms with Crippen LogP contribution in [0.2, 0.25) is 5.02 Å². The van der Waals surface area contributed by atoms with Gasteiger partial charge in [-0.05, 0) is 30.0 Å². The zero-order valence-electron chi connectivity index (χ0n) is 7.83. The standard InChI is InChI=1S/C11H10ClNS/c1-2-9(7-13)8-14-11-5-3-4-10(12)6-11/h3-6,8H,2H2,1H3. The highest BCUT2D eigenvalue weighted by molar-refractivity contribution is 8.02. The van der Waals surface area contributed by atoms with Crippen LogP contribution < -0.4 is 0 Å². The van der Waals surface area contributed by atoms with E-state index in [4.69, 9.17) is 16.9 Å². The summed E-state index contributed by atoms with van der Waals surface area (Å²) in [6, 6.07) is 9.73. The minimum absolute atomic E-state index is 0.721. The van der Waals surface area contributed by atoms with E-state index in [1.54, 1.807) is 0 Å². The second-order valence-corrected chi connectivity index (χ2v) is 4.06. The van der Waals surface area contributed by atoms with Crippen LogP contribution in [0.25, 0.3) is 0 Å². The van der Waals surface area contributed by atoms with Gasteiger partial charge in [-0.1, -0.05) is 36.4 Å². The molecule has 0 atom stereocenters. The van der Waals surface area contributed by atoms with Gasteiger partial charge >= 0.3 is 0 Å². The maximum absolute atomic E-state index is 8.70. The van der Waals surface area contributed by atoms with Crippen LogP contribution in [0.5, 0.6) is 0 Å². The Balaban J connectivity index is 2.71. The third-order valence-electron chi connectivity index (χ3n) is 1.66. The molecular weight excluding hydrogens is 214 g/mol. The van der Waals surface area contributed by atoms with Gasteiger partial charge in [0.1, 0.15) is 0 Å². The van der Waals surface area contributed by atoms with E-state index in [0.29, 0.717) is 0 Å². The van der Waals surface area contributed by atoms with Crippen LogP contribution in [0.4, 0.5) is 0 Å². The van der Waals surface area contributed by atoms with Crippen LogP contribution in [0, 0.1) is 11.3 Å². The Kier molecular flexibility index (Phi) is 4.58. The summed E-state index contributed by atoms with van der Waals surface area (Å²) in [5, 5.41) is 11.3. The van der Waals surface area contributed by atoms with Crippen molar-refractivity contribution in [2.24, 2.45) is 0 Å². The topological polar surface area (TPSA) is 23.8 Å². The molecule has 0 unspecified atom stereocenters. The fraction of sp³-hybridized carbons (Fsp3) is 0.182. The highest BCUT2D eigenvalue weighted by Crippen LogP contribution is 2.24. The molecule has 0 saturated heterocycles. The minimum Gasteiger partial charge on any atom is -0.193 e. The number of nitriles is 1. The number of benzene rings is 1. The van der Waals surface area contributed by atoms with Crippen molar-refractivity contribution in [2.45, 2.75) is 18.2 Å². The van der Waals surface area contributed by atoms with Crippen LogP contribution in [0.15, 0.2) is 40.1 Å². The van der Waals surface area contributed by atoms with Crippen molar-refractivity contribution >= 4 is 23.4 Å². The fourth-order valence-electron chi connectivity index (χ4n) is 0.868. The van der Waals surface area contributed by atoms with Gasteiger partial charge in [0.25, 0.3) is 0 Å². The Labute approximate surface area is 93.4 Å². The average molecular weight is 224 g/mol. The second-order valence-electron chi connectivity index (χ2n) is 2.68. The lowest BCUT2D eigenvalue weighted by atomic mass is 10.3. The molecule has 14 heavy (non-hydrogen) atoms. The van der Waals surface area contributed by atoms with Crippen LogP contribution in [-0.2, 0) is 0 Å². The Hall–Kier alpha value is -0.910. The second kappa shape index (κ2) is 5.74. The van der Waals surface area contributed by atoms with Crippen molar-refractivity contribution in [3.8, 4) is 6.07 Å². The Bertz CT molecular complexity index is 379. The molecule has 1 aromatic carbocycles. The number of halogens is 1. The van der Waals surface area contributed by atoms with E-state index in [1.165, 1.54) is 11.8 Å². The molecule has 1 nitrogen and oxygen atoms in total. The smallest absolute Gasteiger partial charge is 0.0952 e. The van der Waals surface area contributed by atoms with Gasteiger partial charge in [0.15, 0.2) is 0 Å². The van der Waals surface area contributed by atoms with E-state index < -0.39 is 0 Å². The Morgan fingerprint density at radius 1 is 1.64 bits per heavy atom. The van der Waals surface area contributed by atoms with Gasteiger partial charge < -0.3 is 0 Å². The molecule has 0 fully saturated rings. The molecule has 0 aliphatic rings. The molecule has 0 radical (unpaired) electrons. The minimum atomic E-state index is 0.721. The highest BCUT2D eigenvalue weighted by Gasteiger charge is 1.94. The zero-order valence-corrected chi connectivity index (χ0v) is 9.40. The van der Waals surface area contributed by atoms with Crippen molar-refractivity contribution in [3.63, 3.8) is 0 Å². The fourth-order valence-corrected chi connectivity index (χ4v) is 1.97. The number of nitrogens with zero attached hydrogens (tertiary/aromatic N) is 1. The predicted octanol–water partition coefficient (Wildman–Crippen LogP) is 4.25. The first-order valence-corrected chi connectivity index (χ1v) is 5.53. The first kappa shape index (κ1) is 11.2. The summed E-state index contributed by atoms with van der Waals surface area (Å²) < 4.78 is 0. The number of rotatable bonds is 3. The van der Waals surface area contributed by atoms with Crippen molar-refractivity contribution in [1.82, 2.24) is 0 Å². The van der Waals surface area contributed by atoms with E-state index in [1.807, 2.05) is 36.6 Å². The lowest BCUT2D eigenvalue weighted by molar-refractivity contribution is 1.16. The third-order valence-corrected chi connectivity index (χ3v) is 2.82. The van der Waals surface area contributed by atoms with E-state index >= 15 is 0 Å². The maximum atomic E-state index is 8.70. The van der Waals surface area contributed by atoms with Gasteiger partial charge in [-0.25, -0.2) is 0 Å².